The fourth-order valence-corrected chi connectivity index (χ4v) is 3.68. The van der Waals surface area contributed by atoms with E-state index in [2.05, 4.69) is 29.6 Å². The van der Waals surface area contributed by atoms with Gasteiger partial charge in [0.15, 0.2) is 0 Å². The molecule has 2 nitrogen and oxygen atoms in total. The third-order valence-electron chi connectivity index (χ3n) is 4.21. The van der Waals surface area contributed by atoms with E-state index in [9.17, 15) is 5.11 Å². The molecule has 20 heavy (non-hydrogen) atoms. The van der Waals surface area contributed by atoms with Gasteiger partial charge in [0.05, 0.1) is 12.7 Å². The third-order valence-corrected chi connectivity index (χ3v) is 5.15. The van der Waals surface area contributed by atoms with Crippen LogP contribution in [0.5, 0.6) is 5.75 Å². The maximum absolute atomic E-state index is 10.8. The molecule has 1 unspecified atom stereocenters. The molecule has 3 rings (SSSR count). The summed E-state index contributed by atoms with van der Waals surface area (Å²) >= 11 is 1.77. The lowest BCUT2D eigenvalue weighted by Crippen LogP contribution is -2.36. The average Bonchev–Trinajstić information content (AvgIpc) is 2.98. The van der Waals surface area contributed by atoms with Gasteiger partial charge in [-0.05, 0) is 60.4 Å². The molecule has 106 valence electrons. The molecule has 0 aliphatic heterocycles. The lowest BCUT2D eigenvalue weighted by atomic mass is 9.78. The highest BCUT2D eigenvalue weighted by Crippen LogP contribution is 2.34. The number of aryl methyl sites for hydroxylation is 2. The number of rotatable bonds is 4. The molecule has 1 aliphatic rings. The largest absolute Gasteiger partial charge is 0.497 e. The smallest absolute Gasteiger partial charge is 0.119 e. The van der Waals surface area contributed by atoms with Gasteiger partial charge in [0, 0.05) is 11.3 Å². The Morgan fingerprint density at radius 1 is 1.30 bits per heavy atom. The van der Waals surface area contributed by atoms with E-state index in [1.807, 2.05) is 6.07 Å². The molecule has 1 aliphatic carbocycles. The van der Waals surface area contributed by atoms with Crippen molar-refractivity contribution in [3.63, 3.8) is 0 Å². The molecule has 2 aromatic rings. The van der Waals surface area contributed by atoms with Crippen LogP contribution < -0.4 is 4.74 Å². The average molecular weight is 288 g/mol. The van der Waals surface area contributed by atoms with Crippen LogP contribution in [-0.4, -0.2) is 17.8 Å². The number of fused-ring (bicyclic) bond motifs is 1. The molecule has 3 heteroatoms. The van der Waals surface area contributed by atoms with E-state index in [-0.39, 0.29) is 0 Å². The van der Waals surface area contributed by atoms with Crippen LogP contribution in [0, 0.1) is 0 Å². The van der Waals surface area contributed by atoms with Crippen molar-refractivity contribution in [1.29, 1.82) is 0 Å². The fraction of sp³-hybridized carbons (Fsp3) is 0.412. The van der Waals surface area contributed by atoms with Gasteiger partial charge in [0.2, 0.25) is 0 Å². The van der Waals surface area contributed by atoms with E-state index in [0.29, 0.717) is 0 Å². The van der Waals surface area contributed by atoms with Crippen LogP contribution >= 0.6 is 11.3 Å². The van der Waals surface area contributed by atoms with Crippen molar-refractivity contribution in [2.45, 2.75) is 37.7 Å². The van der Waals surface area contributed by atoms with Crippen LogP contribution in [0.15, 0.2) is 35.7 Å². The Morgan fingerprint density at radius 3 is 2.95 bits per heavy atom. The third kappa shape index (κ3) is 2.89. The van der Waals surface area contributed by atoms with E-state index < -0.39 is 5.60 Å². The van der Waals surface area contributed by atoms with Gasteiger partial charge in [-0.1, -0.05) is 12.1 Å². The molecule has 0 saturated carbocycles. The van der Waals surface area contributed by atoms with Crippen molar-refractivity contribution >= 4 is 11.3 Å². The van der Waals surface area contributed by atoms with Crippen molar-refractivity contribution in [2.24, 2.45) is 0 Å². The molecular weight excluding hydrogens is 268 g/mol. The summed E-state index contributed by atoms with van der Waals surface area (Å²) < 4.78 is 5.29. The van der Waals surface area contributed by atoms with Gasteiger partial charge in [-0.2, -0.15) is 0 Å². The minimum atomic E-state index is -0.566. The second-order valence-electron chi connectivity index (χ2n) is 5.62. The van der Waals surface area contributed by atoms with Gasteiger partial charge < -0.3 is 9.84 Å². The zero-order valence-corrected chi connectivity index (χ0v) is 12.6. The van der Waals surface area contributed by atoms with Crippen molar-refractivity contribution < 1.29 is 9.84 Å². The lowest BCUT2D eigenvalue weighted by molar-refractivity contribution is 0.0183. The molecular formula is C17H20O2S. The van der Waals surface area contributed by atoms with Gasteiger partial charge >= 0.3 is 0 Å². The Labute approximate surface area is 124 Å². The normalized spacial score (nSPS) is 21.5. The Kier molecular flexibility index (Phi) is 3.81. The Balaban J connectivity index is 1.72. The summed E-state index contributed by atoms with van der Waals surface area (Å²) in [5.74, 6) is 0.881. The monoisotopic (exact) mass is 288 g/mol. The topological polar surface area (TPSA) is 29.5 Å². The predicted molar refractivity (Wildman–Crippen MR) is 82.6 cm³/mol. The molecule has 1 atom stereocenters. The number of thiophene rings is 1. The second kappa shape index (κ2) is 5.58. The Morgan fingerprint density at radius 2 is 2.20 bits per heavy atom. The zero-order chi connectivity index (χ0) is 14.0. The Hall–Kier alpha value is -1.32. The summed E-state index contributed by atoms with van der Waals surface area (Å²) in [7, 11) is 1.69. The highest BCUT2D eigenvalue weighted by Gasteiger charge is 2.31. The number of benzene rings is 1. The molecule has 0 bridgehead atoms. The van der Waals surface area contributed by atoms with Crippen LogP contribution in [0.2, 0.25) is 0 Å². The van der Waals surface area contributed by atoms with Crippen LogP contribution in [0.1, 0.15) is 28.8 Å². The zero-order valence-electron chi connectivity index (χ0n) is 11.8. The van der Waals surface area contributed by atoms with Crippen molar-refractivity contribution in [1.82, 2.24) is 0 Å². The van der Waals surface area contributed by atoms with Crippen molar-refractivity contribution in [3.05, 3.63) is 51.7 Å². The summed E-state index contributed by atoms with van der Waals surface area (Å²) in [5, 5.41) is 12.9. The first-order chi connectivity index (χ1) is 9.68. The van der Waals surface area contributed by atoms with E-state index >= 15 is 0 Å². The van der Waals surface area contributed by atoms with E-state index in [0.717, 1.165) is 37.9 Å². The van der Waals surface area contributed by atoms with Crippen molar-refractivity contribution in [3.8, 4) is 5.75 Å². The van der Waals surface area contributed by atoms with E-state index in [4.69, 9.17) is 4.74 Å². The first kappa shape index (κ1) is 13.7. The first-order valence-corrected chi connectivity index (χ1v) is 7.97. The molecule has 0 fully saturated rings. The van der Waals surface area contributed by atoms with Gasteiger partial charge in [0.25, 0.3) is 0 Å². The van der Waals surface area contributed by atoms with Crippen LogP contribution in [0.25, 0.3) is 0 Å². The minimum absolute atomic E-state index is 0.566. The highest BCUT2D eigenvalue weighted by atomic mass is 32.1. The summed E-state index contributed by atoms with van der Waals surface area (Å²) in [6.45, 7) is 0. The summed E-state index contributed by atoms with van der Waals surface area (Å²) in [5.41, 5.74) is 2.03. The van der Waals surface area contributed by atoms with Gasteiger partial charge in [-0.15, -0.1) is 11.3 Å². The van der Waals surface area contributed by atoms with Gasteiger partial charge in [-0.25, -0.2) is 0 Å². The Bertz CT molecular complexity index is 577. The lowest BCUT2D eigenvalue weighted by Gasteiger charge is -2.33. The predicted octanol–water partition coefficient (Wildman–Crippen LogP) is 3.61. The van der Waals surface area contributed by atoms with Gasteiger partial charge in [0.1, 0.15) is 5.75 Å². The molecule has 1 aromatic heterocycles. The number of aliphatic hydroxyl groups is 1. The summed E-state index contributed by atoms with van der Waals surface area (Å²) in [4.78, 5) is 1.36. The fourth-order valence-electron chi connectivity index (χ4n) is 2.97. The number of ether oxygens (including phenoxy) is 1. The molecule has 0 spiro atoms. The van der Waals surface area contributed by atoms with E-state index in [1.165, 1.54) is 16.0 Å². The molecule has 0 saturated heterocycles. The van der Waals surface area contributed by atoms with E-state index in [1.54, 1.807) is 18.4 Å². The minimum Gasteiger partial charge on any atom is -0.497 e. The van der Waals surface area contributed by atoms with Crippen molar-refractivity contribution in [2.75, 3.05) is 7.11 Å². The molecule has 1 aromatic carbocycles. The number of hydrogen-bond acceptors (Lipinski definition) is 3. The van der Waals surface area contributed by atoms with Crippen LogP contribution in [-0.2, 0) is 19.3 Å². The first-order valence-electron chi connectivity index (χ1n) is 7.09. The van der Waals surface area contributed by atoms with Crippen LogP contribution in [0.4, 0.5) is 0 Å². The second-order valence-corrected chi connectivity index (χ2v) is 6.65. The number of hydrogen-bond donors (Lipinski definition) is 1. The van der Waals surface area contributed by atoms with Gasteiger partial charge in [-0.3, -0.25) is 0 Å². The SMILES string of the molecule is COc1ccc2c(c1)CC(O)(CCc1cccs1)CC2. The quantitative estimate of drug-likeness (QED) is 0.931. The molecule has 1 N–H and O–H groups in total. The molecule has 1 heterocycles. The maximum Gasteiger partial charge on any atom is 0.119 e. The summed E-state index contributed by atoms with van der Waals surface area (Å²) in [6.07, 6.45) is 4.36. The van der Waals surface area contributed by atoms with Crippen LogP contribution in [0.3, 0.4) is 0 Å². The maximum atomic E-state index is 10.8. The highest BCUT2D eigenvalue weighted by molar-refractivity contribution is 7.09. The molecule has 0 radical (unpaired) electrons. The number of methoxy groups -OCH3 is 1. The standard InChI is InChI=1S/C17H20O2S/c1-19-15-5-4-13-6-8-17(18,12-14(13)11-15)9-7-16-3-2-10-20-16/h2-5,10-11,18H,6-9,12H2,1H3. The summed E-state index contributed by atoms with van der Waals surface area (Å²) in [6, 6.07) is 10.4. The molecule has 0 amide bonds.